The maximum Gasteiger partial charge on any atom is 0.198 e. The predicted molar refractivity (Wildman–Crippen MR) is 73.7 cm³/mol. The smallest absolute Gasteiger partial charge is 0.198 e. The van der Waals surface area contributed by atoms with Gasteiger partial charge in [-0.1, -0.05) is 29.9 Å². The molecular weight excluding hydrogens is 311 g/mol. The van der Waals surface area contributed by atoms with Gasteiger partial charge < -0.3 is 10.5 Å². The average Bonchev–Trinajstić information content (AvgIpc) is 2.38. The minimum absolute atomic E-state index is 0.00826. The Morgan fingerprint density at radius 3 is 2.30 bits per heavy atom. The highest BCUT2D eigenvalue weighted by molar-refractivity contribution is 7.80. The zero-order chi connectivity index (χ0) is 14.9. The summed E-state index contributed by atoms with van der Waals surface area (Å²) in [5.74, 6) is -4.16. The van der Waals surface area contributed by atoms with Crippen LogP contribution in [0.3, 0.4) is 0 Å². The Hall–Kier alpha value is -1.79. The first kappa shape index (κ1) is 14.6. The van der Waals surface area contributed by atoms with E-state index in [2.05, 4.69) is 12.2 Å². The van der Waals surface area contributed by atoms with Crippen molar-refractivity contribution in [3.05, 3.63) is 58.4 Å². The van der Waals surface area contributed by atoms with Crippen LogP contribution in [0.1, 0.15) is 5.56 Å². The number of halogens is 4. The van der Waals surface area contributed by atoms with Crippen LogP contribution in [0.15, 0.2) is 30.3 Å². The third kappa shape index (κ3) is 2.86. The van der Waals surface area contributed by atoms with E-state index in [0.29, 0.717) is 0 Å². The van der Waals surface area contributed by atoms with Crippen molar-refractivity contribution in [2.75, 3.05) is 0 Å². The van der Waals surface area contributed by atoms with E-state index in [9.17, 15) is 13.2 Å². The van der Waals surface area contributed by atoms with E-state index in [1.165, 1.54) is 18.2 Å². The fraction of sp³-hybridized carbons (Fsp3) is 0. The summed E-state index contributed by atoms with van der Waals surface area (Å²) in [4.78, 5) is -0.164. The van der Waals surface area contributed by atoms with Crippen molar-refractivity contribution in [3.8, 4) is 11.5 Å². The molecular formula is C13H7ClF3NOS. The van der Waals surface area contributed by atoms with E-state index in [1.54, 1.807) is 0 Å². The van der Waals surface area contributed by atoms with Gasteiger partial charge in [-0.2, -0.15) is 0 Å². The highest BCUT2D eigenvalue weighted by atomic mass is 35.5. The van der Waals surface area contributed by atoms with Gasteiger partial charge in [-0.05, 0) is 24.3 Å². The highest BCUT2D eigenvalue weighted by Crippen LogP contribution is 2.32. The van der Waals surface area contributed by atoms with Gasteiger partial charge in [0.15, 0.2) is 29.0 Å². The van der Waals surface area contributed by atoms with Crippen molar-refractivity contribution < 1.29 is 17.9 Å². The molecule has 0 aliphatic carbocycles. The second-order valence-electron chi connectivity index (χ2n) is 3.79. The summed E-state index contributed by atoms with van der Waals surface area (Å²) >= 11 is 10.2. The third-order valence-corrected chi connectivity index (χ3v) is 2.94. The van der Waals surface area contributed by atoms with Crippen LogP contribution in [0.4, 0.5) is 13.2 Å². The van der Waals surface area contributed by atoms with Crippen LogP contribution >= 0.6 is 23.8 Å². The Bertz CT molecular complexity index is 670. The lowest BCUT2D eigenvalue weighted by atomic mass is 10.2. The van der Waals surface area contributed by atoms with Crippen LogP contribution in [-0.2, 0) is 0 Å². The summed E-state index contributed by atoms with van der Waals surface area (Å²) < 4.78 is 46.0. The molecule has 2 N–H and O–H groups in total. The van der Waals surface area contributed by atoms with Gasteiger partial charge in [0.2, 0.25) is 0 Å². The normalized spacial score (nSPS) is 10.4. The molecule has 0 aliphatic rings. The molecule has 0 aromatic heterocycles. The lowest BCUT2D eigenvalue weighted by Gasteiger charge is -2.10. The molecule has 0 bridgehead atoms. The third-order valence-electron chi connectivity index (χ3n) is 2.41. The van der Waals surface area contributed by atoms with Gasteiger partial charge >= 0.3 is 0 Å². The largest absolute Gasteiger partial charge is 0.448 e. The van der Waals surface area contributed by atoms with E-state index in [1.807, 2.05) is 0 Å². The number of benzene rings is 2. The first-order valence-corrected chi connectivity index (χ1v) is 6.09. The summed E-state index contributed by atoms with van der Waals surface area (Å²) in [6, 6.07) is 5.68. The molecule has 2 nitrogen and oxygen atoms in total. The van der Waals surface area contributed by atoms with Crippen LogP contribution in [0.25, 0.3) is 0 Å². The fourth-order valence-corrected chi connectivity index (χ4v) is 1.76. The first-order valence-electron chi connectivity index (χ1n) is 5.31. The number of ether oxygens (including phenoxy) is 1. The van der Waals surface area contributed by atoms with E-state index >= 15 is 0 Å². The number of thiocarbonyl (C=S) groups is 1. The Kier molecular flexibility index (Phi) is 4.15. The summed E-state index contributed by atoms with van der Waals surface area (Å²) in [6.07, 6.45) is 0. The fourth-order valence-electron chi connectivity index (χ4n) is 1.47. The van der Waals surface area contributed by atoms with Gasteiger partial charge in [0.1, 0.15) is 4.99 Å². The van der Waals surface area contributed by atoms with Gasteiger partial charge in [0.25, 0.3) is 0 Å². The lowest BCUT2D eigenvalue weighted by Crippen LogP contribution is -2.10. The molecule has 0 saturated heterocycles. The summed E-state index contributed by atoms with van der Waals surface area (Å²) in [6.45, 7) is 0. The Balaban J connectivity index is 2.44. The molecule has 0 spiro atoms. The molecule has 0 radical (unpaired) electrons. The van der Waals surface area contributed by atoms with E-state index in [4.69, 9.17) is 22.1 Å². The van der Waals surface area contributed by atoms with Crippen molar-refractivity contribution in [1.29, 1.82) is 0 Å². The molecule has 2 aromatic rings. The zero-order valence-electron chi connectivity index (χ0n) is 9.79. The maximum absolute atomic E-state index is 13.8. The second kappa shape index (κ2) is 5.68. The molecule has 0 unspecified atom stereocenters. The van der Waals surface area contributed by atoms with E-state index in [-0.39, 0.29) is 15.6 Å². The monoisotopic (exact) mass is 317 g/mol. The Labute approximate surface area is 122 Å². The topological polar surface area (TPSA) is 35.2 Å². The van der Waals surface area contributed by atoms with E-state index in [0.717, 1.165) is 12.1 Å². The van der Waals surface area contributed by atoms with Gasteiger partial charge in [0, 0.05) is 5.56 Å². The summed E-state index contributed by atoms with van der Waals surface area (Å²) in [7, 11) is 0. The lowest BCUT2D eigenvalue weighted by molar-refractivity contribution is 0.387. The minimum Gasteiger partial charge on any atom is -0.448 e. The molecule has 104 valence electrons. The van der Waals surface area contributed by atoms with E-state index < -0.39 is 29.0 Å². The van der Waals surface area contributed by atoms with Crippen LogP contribution in [0.2, 0.25) is 5.02 Å². The SMILES string of the molecule is NC(=S)c1cc(F)c(Oc2cccc(Cl)c2F)c(F)c1. The van der Waals surface area contributed by atoms with Crippen LogP contribution < -0.4 is 10.5 Å². The van der Waals surface area contributed by atoms with Crippen molar-refractivity contribution in [2.24, 2.45) is 5.73 Å². The molecule has 0 amide bonds. The number of hydrogen-bond acceptors (Lipinski definition) is 2. The first-order chi connectivity index (χ1) is 9.40. The minimum atomic E-state index is -1.05. The molecule has 2 aromatic carbocycles. The predicted octanol–water partition coefficient (Wildman–Crippen LogP) is 4.18. The zero-order valence-corrected chi connectivity index (χ0v) is 11.4. The van der Waals surface area contributed by atoms with Crippen molar-refractivity contribution >= 4 is 28.8 Å². The van der Waals surface area contributed by atoms with Crippen LogP contribution in [0.5, 0.6) is 11.5 Å². The Morgan fingerprint density at radius 1 is 1.15 bits per heavy atom. The van der Waals surface area contributed by atoms with Crippen molar-refractivity contribution in [1.82, 2.24) is 0 Å². The molecule has 0 saturated carbocycles. The van der Waals surface area contributed by atoms with Crippen LogP contribution in [0, 0.1) is 17.5 Å². The molecule has 0 fully saturated rings. The van der Waals surface area contributed by atoms with Crippen molar-refractivity contribution in [2.45, 2.75) is 0 Å². The number of hydrogen-bond donors (Lipinski definition) is 1. The Morgan fingerprint density at radius 2 is 1.75 bits per heavy atom. The molecule has 7 heteroatoms. The van der Waals surface area contributed by atoms with Gasteiger partial charge in [-0.25, -0.2) is 13.2 Å². The second-order valence-corrected chi connectivity index (χ2v) is 4.63. The molecule has 0 aliphatic heterocycles. The number of rotatable bonds is 3. The van der Waals surface area contributed by atoms with Crippen LogP contribution in [-0.4, -0.2) is 4.99 Å². The quantitative estimate of drug-likeness (QED) is 0.862. The molecule has 20 heavy (non-hydrogen) atoms. The van der Waals surface area contributed by atoms with Gasteiger partial charge in [-0.15, -0.1) is 0 Å². The summed E-state index contributed by atoms with van der Waals surface area (Å²) in [5, 5.41) is -0.219. The van der Waals surface area contributed by atoms with Gasteiger partial charge in [0.05, 0.1) is 5.02 Å². The molecule has 2 rings (SSSR count). The van der Waals surface area contributed by atoms with Crippen molar-refractivity contribution in [3.63, 3.8) is 0 Å². The standard InChI is InChI=1S/C13H7ClF3NOS/c14-7-2-1-3-10(11(7)17)19-12-8(15)4-6(13(18)20)5-9(12)16/h1-5H,(H2,18,20). The molecule has 0 atom stereocenters. The highest BCUT2D eigenvalue weighted by Gasteiger charge is 2.17. The summed E-state index contributed by atoms with van der Waals surface area (Å²) in [5.41, 5.74) is 5.29. The number of nitrogens with two attached hydrogens (primary N) is 1. The average molecular weight is 318 g/mol. The molecule has 0 heterocycles. The maximum atomic E-state index is 13.8. The van der Waals surface area contributed by atoms with Gasteiger partial charge in [-0.3, -0.25) is 0 Å².